The van der Waals surface area contributed by atoms with E-state index in [1.54, 1.807) is 12.3 Å². The fourth-order valence-corrected chi connectivity index (χ4v) is 10.3. The normalized spacial score (nSPS) is 27.6. The number of aryl methyl sites for hydroxylation is 1. The summed E-state index contributed by atoms with van der Waals surface area (Å²) in [4.78, 5) is 61.8. The van der Waals surface area contributed by atoms with Crippen LogP contribution in [0.5, 0.6) is 5.88 Å². The smallest absolute Gasteiger partial charge is 0.306 e. The molecule has 14 heteroatoms. The maximum Gasteiger partial charge on any atom is 0.306 e. The number of carbonyl (C=O) groups excluding carboxylic acids is 4. The lowest BCUT2D eigenvalue weighted by Crippen LogP contribution is -2.48. The highest BCUT2D eigenvalue weighted by molar-refractivity contribution is 9.11. The van der Waals surface area contributed by atoms with Crippen molar-refractivity contribution >= 4 is 76.2 Å². The van der Waals surface area contributed by atoms with E-state index < -0.39 is 62.0 Å². The summed E-state index contributed by atoms with van der Waals surface area (Å²) < 4.78 is 41.7. The number of hydrogen-bond acceptors (Lipinski definition) is 9. The van der Waals surface area contributed by atoms with Crippen LogP contribution < -0.4 is 9.46 Å². The molecule has 11 nitrogen and oxygen atoms in total. The second kappa shape index (κ2) is 15.1. The number of carbonyl (C=O) groups is 4. The van der Waals surface area contributed by atoms with E-state index in [1.807, 2.05) is 26.8 Å². The van der Waals surface area contributed by atoms with Crippen molar-refractivity contribution in [3.8, 4) is 5.88 Å². The molecule has 0 unspecified atom stereocenters. The van der Waals surface area contributed by atoms with Gasteiger partial charge in [0, 0.05) is 33.4 Å². The molecule has 282 valence electrons. The van der Waals surface area contributed by atoms with Crippen LogP contribution in [-0.2, 0) is 40.4 Å². The summed E-state index contributed by atoms with van der Waals surface area (Å²) in [5.74, 6) is -2.77. The van der Waals surface area contributed by atoms with E-state index in [4.69, 9.17) is 9.47 Å². The molecule has 1 N–H and O–H groups in total. The molecule has 1 saturated heterocycles. The van der Waals surface area contributed by atoms with Crippen LogP contribution in [0.2, 0.25) is 0 Å². The van der Waals surface area contributed by atoms with E-state index in [9.17, 15) is 27.6 Å². The van der Waals surface area contributed by atoms with Gasteiger partial charge in [0.25, 0.3) is 0 Å². The maximum atomic E-state index is 14.6. The average Bonchev–Trinajstić information content (AvgIpc) is 4.01. The number of cyclic esters (lactones) is 1. The highest BCUT2D eigenvalue weighted by Gasteiger charge is 2.61. The Kier molecular flexibility index (Phi) is 11.3. The van der Waals surface area contributed by atoms with Crippen molar-refractivity contribution in [1.82, 2.24) is 14.6 Å². The van der Waals surface area contributed by atoms with Gasteiger partial charge in [0.2, 0.25) is 27.7 Å². The second-order valence-corrected chi connectivity index (χ2v) is 19.5. The van der Waals surface area contributed by atoms with Gasteiger partial charge in [0.1, 0.15) is 6.10 Å². The average molecular weight is 866 g/mol. The van der Waals surface area contributed by atoms with Gasteiger partial charge in [-0.25, -0.2) is 13.4 Å². The highest BCUT2D eigenvalue weighted by atomic mass is 79.9. The Labute approximate surface area is 322 Å². The van der Waals surface area contributed by atoms with Crippen molar-refractivity contribution in [3.63, 3.8) is 0 Å². The van der Waals surface area contributed by atoms with Gasteiger partial charge in [-0.2, -0.15) is 0 Å². The SMILES string of the molecule is C=C[C@H]1C[C@]1(CC(=O)[C@@H]1C[C@@H]2CN1C(=O)[C@H](C(C)(C)C)CC(=O)OCCCCCCc1cc(Br)c3ccnc(c3c1Br)O2)C(=O)NS(=O)(=O)C1CC1. The number of halogens is 2. The van der Waals surface area contributed by atoms with Gasteiger partial charge in [-0.05, 0) is 83.5 Å². The third-order valence-corrected chi connectivity index (χ3v) is 14.4. The molecular weight excluding hydrogens is 818 g/mol. The number of amides is 2. The lowest BCUT2D eigenvalue weighted by Gasteiger charge is -2.34. The van der Waals surface area contributed by atoms with Crippen LogP contribution in [0.1, 0.15) is 90.5 Å². The zero-order chi connectivity index (χ0) is 37.6. The zero-order valence-corrected chi connectivity index (χ0v) is 33.9. The van der Waals surface area contributed by atoms with Crippen molar-refractivity contribution in [2.45, 2.75) is 109 Å². The molecule has 2 aliphatic carbocycles. The quantitative estimate of drug-likeness (QED) is 0.241. The van der Waals surface area contributed by atoms with Crippen LogP contribution in [0, 0.1) is 22.7 Å². The number of aromatic nitrogens is 1. The Bertz CT molecular complexity index is 1890. The minimum atomic E-state index is -3.84. The maximum absolute atomic E-state index is 14.6. The van der Waals surface area contributed by atoms with E-state index in [-0.39, 0.29) is 50.5 Å². The number of nitrogens with zero attached hydrogens (tertiary/aromatic N) is 2. The first-order valence-electron chi connectivity index (χ1n) is 18.2. The van der Waals surface area contributed by atoms with Crippen molar-refractivity contribution in [2.75, 3.05) is 13.2 Å². The second-order valence-electron chi connectivity index (χ2n) is 15.9. The fourth-order valence-electron chi connectivity index (χ4n) is 7.62. The van der Waals surface area contributed by atoms with Crippen LogP contribution >= 0.6 is 31.9 Å². The van der Waals surface area contributed by atoms with E-state index in [2.05, 4.69) is 54.2 Å². The molecule has 2 aliphatic heterocycles. The molecule has 52 heavy (non-hydrogen) atoms. The summed E-state index contributed by atoms with van der Waals surface area (Å²) in [5.41, 5.74) is -0.856. The van der Waals surface area contributed by atoms with Gasteiger partial charge in [0.15, 0.2) is 5.78 Å². The Morgan fingerprint density at radius 1 is 1.15 bits per heavy atom. The lowest BCUT2D eigenvalue weighted by molar-refractivity contribution is -0.153. The zero-order valence-electron chi connectivity index (χ0n) is 29.9. The van der Waals surface area contributed by atoms with E-state index in [0.29, 0.717) is 25.1 Å². The number of hydrogen-bond donors (Lipinski definition) is 1. The summed E-state index contributed by atoms with van der Waals surface area (Å²) in [6, 6.07) is 3.01. The number of esters is 1. The molecule has 4 bridgehead atoms. The molecule has 3 fully saturated rings. The molecule has 1 aromatic heterocycles. The van der Waals surface area contributed by atoms with Crippen LogP contribution in [0.15, 0.2) is 39.9 Å². The van der Waals surface area contributed by atoms with Crippen LogP contribution in [-0.4, -0.2) is 72.4 Å². The molecule has 5 atom stereocenters. The molecule has 6 rings (SSSR count). The lowest BCUT2D eigenvalue weighted by atomic mass is 9.77. The molecule has 2 saturated carbocycles. The first-order valence-corrected chi connectivity index (χ1v) is 21.3. The standard InChI is InChI=1S/C38H47Br2N3O8S/c1-5-23-19-38(23,36(47)42-52(48,49)25-11-12-25)20-30(44)29-17-24-21-43(29)35(46)27(37(2,3)4)18-31(45)50-15-9-7-6-8-10-22-16-28(39)26-13-14-41-34(51-24)32(26)33(22)40/h5,13-14,16,23-25,27,29H,1,6-12,15,17-21H2,2-4H3,(H,42,47)/t23-,24+,27+,29-,38+/m0/s1. The van der Waals surface area contributed by atoms with E-state index in [0.717, 1.165) is 51.0 Å². The van der Waals surface area contributed by atoms with Crippen LogP contribution in [0.4, 0.5) is 0 Å². The third kappa shape index (κ3) is 8.13. The largest absolute Gasteiger partial charge is 0.472 e. The Hall–Kier alpha value is -2.84. The van der Waals surface area contributed by atoms with Crippen molar-refractivity contribution in [3.05, 3.63) is 45.5 Å². The first-order chi connectivity index (χ1) is 24.6. The minimum absolute atomic E-state index is 0.0492. The minimum Gasteiger partial charge on any atom is -0.472 e. The number of fused-ring (bicyclic) bond motifs is 3. The number of allylic oxidation sites excluding steroid dienone is 1. The number of sulfonamides is 1. The van der Waals surface area contributed by atoms with Crippen molar-refractivity contribution in [1.29, 1.82) is 0 Å². The Balaban J connectivity index is 1.35. The summed E-state index contributed by atoms with van der Waals surface area (Å²) >= 11 is 7.56. The van der Waals surface area contributed by atoms with Gasteiger partial charge in [0.05, 0.1) is 47.6 Å². The molecule has 0 radical (unpaired) electrons. The number of nitrogens with one attached hydrogen (secondary N) is 1. The molecule has 2 aromatic rings. The summed E-state index contributed by atoms with van der Waals surface area (Å²) in [7, 11) is -3.84. The predicted molar refractivity (Wildman–Crippen MR) is 203 cm³/mol. The molecule has 1 aromatic carbocycles. The first kappa shape index (κ1) is 38.9. The Morgan fingerprint density at radius 3 is 2.56 bits per heavy atom. The molecular formula is C38H47Br2N3O8S. The topological polar surface area (TPSA) is 149 Å². The van der Waals surface area contributed by atoms with Crippen LogP contribution in [0.3, 0.4) is 0 Å². The number of rotatable bonds is 7. The number of ether oxygens (including phenoxy) is 2. The van der Waals surface area contributed by atoms with Crippen LogP contribution in [0.25, 0.3) is 10.8 Å². The molecule has 2 amide bonds. The number of ketones is 1. The molecule has 0 spiro atoms. The molecule has 3 heterocycles. The number of benzene rings is 1. The van der Waals surface area contributed by atoms with Gasteiger partial charge in [-0.1, -0.05) is 55.6 Å². The summed E-state index contributed by atoms with van der Waals surface area (Å²) in [6.07, 6.45) is 7.84. The predicted octanol–water partition coefficient (Wildman–Crippen LogP) is 6.58. The number of pyridine rings is 1. The van der Waals surface area contributed by atoms with E-state index >= 15 is 0 Å². The van der Waals surface area contributed by atoms with Crippen molar-refractivity contribution < 1.29 is 37.1 Å². The Morgan fingerprint density at radius 2 is 1.88 bits per heavy atom. The third-order valence-electron chi connectivity index (χ3n) is 11.0. The summed E-state index contributed by atoms with van der Waals surface area (Å²) in [6.45, 7) is 9.77. The number of Topliss-reactive ketones (excluding diaryl/α,β-unsaturated/α-hetero) is 1. The highest BCUT2D eigenvalue weighted by Crippen LogP contribution is 2.57. The van der Waals surface area contributed by atoms with Gasteiger partial charge >= 0.3 is 5.97 Å². The van der Waals surface area contributed by atoms with Gasteiger partial charge < -0.3 is 14.4 Å². The monoisotopic (exact) mass is 863 g/mol. The fraction of sp³-hybridized carbons (Fsp3) is 0.605. The van der Waals surface area contributed by atoms with Crippen molar-refractivity contribution in [2.24, 2.45) is 22.7 Å². The van der Waals surface area contributed by atoms with E-state index in [1.165, 1.54) is 4.90 Å². The van der Waals surface area contributed by atoms with Gasteiger partial charge in [-0.15, -0.1) is 6.58 Å². The molecule has 4 aliphatic rings. The summed E-state index contributed by atoms with van der Waals surface area (Å²) in [5, 5.41) is 1.07. The van der Waals surface area contributed by atoms with Gasteiger partial charge in [-0.3, -0.25) is 23.9 Å².